The summed E-state index contributed by atoms with van der Waals surface area (Å²) in [6.45, 7) is 19.2. The maximum Gasteiger partial charge on any atom is 0.308 e. The Balaban J connectivity index is 1.58. The van der Waals surface area contributed by atoms with E-state index in [0.717, 1.165) is 16.7 Å². The highest BCUT2D eigenvalue weighted by Crippen LogP contribution is 2.43. The van der Waals surface area contributed by atoms with Gasteiger partial charge in [-0.15, -0.1) is 0 Å². The van der Waals surface area contributed by atoms with Crippen molar-refractivity contribution in [2.75, 3.05) is 13.1 Å². The lowest BCUT2D eigenvalue weighted by Gasteiger charge is -2.26. The molecule has 0 aromatic heterocycles. The summed E-state index contributed by atoms with van der Waals surface area (Å²) < 4.78 is 41.4. The second-order valence-corrected chi connectivity index (χ2v) is 19.8. The third kappa shape index (κ3) is 13.3. The van der Waals surface area contributed by atoms with E-state index in [2.05, 4.69) is 31.0 Å². The van der Waals surface area contributed by atoms with Crippen molar-refractivity contribution in [1.29, 1.82) is 0 Å². The molecule has 0 bridgehead atoms. The molecule has 0 aliphatic carbocycles. The van der Waals surface area contributed by atoms with Crippen molar-refractivity contribution in [2.45, 2.75) is 142 Å². The Labute approximate surface area is 366 Å². The predicted molar refractivity (Wildman–Crippen MR) is 237 cm³/mol. The number of nitrogens with zero attached hydrogens (tertiary/aromatic N) is 1. The van der Waals surface area contributed by atoms with Gasteiger partial charge in [-0.1, -0.05) is 55.8 Å². The van der Waals surface area contributed by atoms with Crippen LogP contribution in [0.5, 0.6) is 5.75 Å². The van der Waals surface area contributed by atoms with E-state index in [0.29, 0.717) is 35.3 Å². The van der Waals surface area contributed by atoms with Crippen LogP contribution in [-0.2, 0) is 51.6 Å². The summed E-state index contributed by atoms with van der Waals surface area (Å²) in [6.07, 6.45) is 2.44. The van der Waals surface area contributed by atoms with E-state index in [-0.39, 0.29) is 36.2 Å². The van der Waals surface area contributed by atoms with E-state index in [1.165, 1.54) is 0 Å². The summed E-state index contributed by atoms with van der Waals surface area (Å²) in [5.41, 5.74) is 8.99. The first-order chi connectivity index (χ1) is 28.8. The molecule has 16 nitrogen and oxygen atoms in total. The van der Waals surface area contributed by atoms with E-state index in [9.17, 15) is 32.4 Å². The van der Waals surface area contributed by atoms with Gasteiger partial charge in [0.05, 0.1) is 29.8 Å². The Morgan fingerprint density at radius 1 is 0.952 bits per heavy atom. The second kappa shape index (κ2) is 20.2. The summed E-state index contributed by atoms with van der Waals surface area (Å²) in [5, 5.41) is 10.9. The molecule has 2 aliphatic heterocycles. The van der Waals surface area contributed by atoms with Crippen molar-refractivity contribution in [3.8, 4) is 5.75 Å². The summed E-state index contributed by atoms with van der Waals surface area (Å²) in [6, 6.07) is 6.28. The molecular weight excluding hydrogens is 815 g/mol. The van der Waals surface area contributed by atoms with Gasteiger partial charge in [0.2, 0.25) is 29.6 Å². The zero-order valence-electron chi connectivity index (χ0n) is 37.9. The zero-order valence-corrected chi connectivity index (χ0v) is 38.7. The van der Waals surface area contributed by atoms with Crippen molar-refractivity contribution < 1.29 is 41.9 Å². The number of guanidine groups is 1. The van der Waals surface area contributed by atoms with Gasteiger partial charge >= 0.3 is 5.97 Å². The quantitative estimate of drug-likeness (QED) is 0.0632. The van der Waals surface area contributed by atoms with Crippen LogP contribution in [0.4, 0.5) is 0 Å². The van der Waals surface area contributed by atoms with Gasteiger partial charge < -0.3 is 36.5 Å². The molecule has 0 saturated carbocycles. The number of carbonyl (C=O) groups excluding carboxylic acids is 5. The van der Waals surface area contributed by atoms with E-state index >= 15 is 0 Å². The Morgan fingerprint density at radius 2 is 1.61 bits per heavy atom. The average Bonchev–Trinajstić information content (AvgIpc) is 3.48. The fourth-order valence-corrected chi connectivity index (χ4v) is 9.47. The summed E-state index contributed by atoms with van der Waals surface area (Å²) in [5.74, 6) is -3.83. The molecule has 2 heterocycles. The fourth-order valence-electron chi connectivity index (χ4n) is 7.95. The molecule has 0 spiro atoms. The third-order valence-corrected chi connectivity index (χ3v) is 12.4. The number of esters is 1. The van der Waals surface area contributed by atoms with Crippen molar-refractivity contribution >= 4 is 45.6 Å². The molecule has 0 fully saturated rings. The molecule has 2 aliphatic rings. The molecule has 17 heteroatoms. The number of nitrogens with two attached hydrogens (primary N) is 1. The van der Waals surface area contributed by atoms with Crippen LogP contribution in [-0.4, -0.2) is 86.4 Å². The molecule has 62 heavy (non-hydrogen) atoms. The molecule has 2 aromatic rings. The van der Waals surface area contributed by atoms with Gasteiger partial charge in [-0.25, -0.2) is 13.1 Å². The minimum absolute atomic E-state index is 0.00840. The maximum atomic E-state index is 14.1. The lowest BCUT2D eigenvalue weighted by molar-refractivity contribution is -0.156. The van der Waals surface area contributed by atoms with E-state index in [4.69, 9.17) is 15.2 Å². The molecule has 2 aromatic carbocycles. The number of benzene rings is 2. The van der Waals surface area contributed by atoms with Gasteiger partial charge in [0.1, 0.15) is 29.0 Å². The van der Waals surface area contributed by atoms with Crippen molar-refractivity contribution in [1.82, 2.24) is 26.0 Å². The number of hydrogen-bond donors (Lipinski definition) is 6. The second-order valence-electron chi connectivity index (χ2n) is 18.2. The number of carbonyl (C=O) groups is 5. The predicted octanol–water partition coefficient (Wildman–Crippen LogP) is 3.48. The normalized spacial score (nSPS) is 22.4. The molecule has 4 rings (SSSR count). The monoisotopic (exact) mass is 879 g/mol. The molecule has 0 radical (unpaired) electrons. The molecule has 7 N–H and O–H groups in total. The Bertz CT molecular complexity index is 2200. The van der Waals surface area contributed by atoms with Gasteiger partial charge in [0, 0.05) is 18.5 Å². The number of nitrogens with one attached hydrogen (secondary N) is 5. The van der Waals surface area contributed by atoms with Crippen molar-refractivity contribution in [3.63, 3.8) is 0 Å². The summed E-state index contributed by atoms with van der Waals surface area (Å²) in [4.78, 5) is 72.2. The van der Waals surface area contributed by atoms with Crippen LogP contribution in [0.2, 0.25) is 0 Å². The van der Waals surface area contributed by atoms with Gasteiger partial charge in [-0.05, 0) is 110 Å². The highest BCUT2D eigenvalue weighted by atomic mass is 32.2. The number of sulfonamides is 1. The lowest BCUT2D eigenvalue weighted by Crippen LogP contribution is -2.54. The number of hydrogen-bond acceptors (Lipinski definition) is 10. The highest BCUT2D eigenvalue weighted by molar-refractivity contribution is 7.90. The van der Waals surface area contributed by atoms with Crippen LogP contribution < -0.4 is 36.5 Å². The first-order valence-electron chi connectivity index (χ1n) is 21.0. The van der Waals surface area contributed by atoms with Crippen molar-refractivity contribution in [2.24, 2.45) is 22.6 Å². The van der Waals surface area contributed by atoms with Crippen LogP contribution in [0.1, 0.15) is 102 Å². The molecule has 0 unspecified atom stereocenters. The Kier molecular flexibility index (Phi) is 16.0. The number of ether oxygens (including phenoxy) is 2. The molecule has 340 valence electrons. The smallest absolute Gasteiger partial charge is 0.308 e. The van der Waals surface area contributed by atoms with Crippen LogP contribution in [0, 0.1) is 32.6 Å². The van der Waals surface area contributed by atoms with Crippen LogP contribution >= 0.6 is 0 Å². The topological polar surface area (TPSA) is 236 Å². The zero-order chi connectivity index (χ0) is 46.3. The highest BCUT2D eigenvalue weighted by Gasteiger charge is 2.37. The minimum Gasteiger partial charge on any atom is -0.487 e. The first kappa shape index (κ1) is 49.2. The van der Waals surface area contributed by atoms with Gasteiger partial charge in [-0.2, -0.15) is 0 Å². The lowest BCUT2D eigenvalue weighted by atomic mass is 9.86. The Hall–Kier alpha value is -5.45. The summed E-state index contributed by atoms with van der Waals surface area (Å²) in [7, 11) is -4.15. The van der Waals surface area contributed by atoms with E-state index < -0.39 is 87.8 Å². The van der Waals surface area contributed by atoms with E-state index in [1.807, 2.05) is 65.0 Å². The maximum absolute atomic E-state index is 14.1. The SMILES string of the molecule is C/C1=C/[C@@H](Cc2ccccc2)NC(=O)[C@H](CC(=O)OC(C)(C)C)NC(=O)CNC(=O)[C@H](CCCN=C(N)NS(=O)(=O)c2c(C)c(C)c3c(c2C)CC(C)(C)O3)NC(=O)[C@H]1C(C)C. The Morgan fingerprint density at radius 3 is 2.24 bits per heavy atom. The summed E-state index contributed by atoms with van der Waals surface area (Å²) >= 11 is 0. The average molecular weight is 880 g/mol. The van der Waals surface area contributed by atoms with E-state index in [1.54, 1.807) is 47.6 Å². The molecule has 4 atom stereocenters. The number of fused-ring (bicyclic) bond motifs is 1. The van der Waals surface area contributed by atoms with Gasteiger partial charge in [-0.3, -0.25) is 29.0 Å². The molecular formula is C45H65N7O9S. The number of rotatable bonds is 11. The minimum atomic E-state index is -4.15. The fraction of sp³-hybridized carbons (Fsp3) is 0.556. The standard InChI is InChI=1S/C45H65N7O9S/c1-25(2)37-26(3)20-31(21-30-16-13-12-14-17-30)49-41(56)34(22-36(54)60-44(7,8)9)50-35(53)24-48-40(55)33(51-42(37)57)18-15-19-47-43(46)52-62(58,59)39-28(5)27(4)38-32(29(39)6)23-45(10,11)61-38/h12-14,16-17,20,25,31,33-34,37H,15,18-19,21-24H2,1-11H3,(H,48,55)(H,49,56)(H,50,53)(H,51,57)(H3,46,47,52)/b26-20-/t31-,33-,34-,37-/m0/s1. The molecule has 0 saturated heterocycles. The van der Waals surface area contributed by atoms with Crippen LogP contribution in [0.25, 0.3) is 0 Å². The number of aliphatic imine (C=N–C) groups is 1. The molecule has 4 amide bonds. The number of amides is 4. The van der Waals surface area contributed by atoms with Crippen LogP contribution in [0.3, 0.4) is 0 Å². The van der Waals surface area contributed by atoms with Crippen LogP contribution in [0.15, 0.2) is 51.9 Å². The third-order valence-electron chi connectivity index (χ3n) is 10.8. The van der Waals surface area contributed by atoms with Gasteiger partial charge in [0.25, 0.3) is 10.0 Å². The van der Waals surface area contributed by atoms with Crippen molar-refractivity contribution in [3.05, 3.63) is 69.8 Å². The largest absolute Gasteiger partial charge is 0.487 e. The first-order valence-corrected chi connectivity index (χ1v) is 22.5. The van der Waals surface area contributed by atoms with Gasteiger partial charge in [0.15, 0.2) is 0 Å².